The first-order valence-corrected chi connectivity index (χ1v) is 5.46. The van der Waals surface area contributed by atoms with Gasteiger partial charge in [-0.1, -0.05) is 0 Å². The molecule has 0 spiro atoms. The summed E-state index contributed by atoms with van der Waals surface area (Å²) in [5.74, 6) is -0.143. The topological polar surface area (TPSA) is 0 Å². The average molecular weight is 315 g/mol. The van der Waals surface area contributed by atoms with Gasteiger partial charge in [-0.2, -0.15) is 0 Å². The molecule has 0 aliphatic carbocycles. The molecule has 0 amide bonds. The van der Waals surface area contributed by atoms with Crippen molar-refractivity contribution in [1.29, 1.82) is 0 Å². The van der Waals surface area contributed by atoms with E-state index in [1.807, 2.05) is 12.1 Å². The maximum Gasteiger partial charge on any atom is -1.00 e. The van der Waals surface area contributed by atoms with E-state index in [-0.39, 0.29) is 29.8 Å². The summed E-state index contributed by atoms with van der Waals surface area (Å²) in [4.78, 5) is 0. The molecule has 0 aliphatic rings. The molecule has 0 atom stereocenters. The number of rotatable bonds is 2. The third-order valence-electron chi connectivity index (χ3n) is 1.38. The van der Waals surface area contributed by atoms with Crippen molar-refractivity contribution in [3.8, 4) is 0 Å². The summed E-state index contributed by atoms with van der Waals surface area (Å²) in [6, 6.07) is 6.74. The van der Waals surface area contributed by atoms with Crippen LogP contribution in [0.2, 0.25) is 5.02 Å². The fourth-order valence-corrected chi connectivity index (χ4v) is 1.71. The minimum absolute atomic E-state index is 0. The Bertz CT molecular complexity index is 198. The summed E-state index contributed by atoms with van der Waals surface area (Å²) < 4.78 is 12.3. The third-order valence-corrected chi connectivity index (χ3v) is 2.12. The largest absolute Gasteiger partial charge is 1.00 e. The van der Waals surface area contributed by atoms with Crippen molar-refractivity contribution in [2.24, 2.45) is 0 Å². The van der Waals surface area contributed by atoms with Crippen LogP contribution in [0.25, 0.3) is 0 Å². The second-order valence-corrected chi connectivity index (χ2v) is 3.71. The van der Waals surface area contributed by atoms with E-state index in [1.165, 1.54) is 41.0 Å². The normalized spacial score (nSPS) is 9.00. The van der Waals surface area contributed by atoms with Crippen LogP contribution in [0.5, 0.6) is 0 Å². The Morgan fingerprint density at radius 2 is 1.73 bits per heavy atom. The molecule has 0 saturated carbocycles. The van der Waals surface area contributed by atoms with Crippen LogP contribution in [0.3, 0.4) is 0 Å². The van der Waals surface area contributed by atoms with Gasteiger partial charge in [0, 0.05) is 0 Å². The summed E-state index contributed by atoms with van der Waals surface area (Å²) >= 11 is 1.32. The van der Waals surface area contributed by atoms with Gasteiger partial charge < -0.3 is 24.0 Å². The van der Waals surface area contributed by atoms with Crippen molar-refractivity contribution in [1.82, 2.24) is 0 Å². The van der Waals surface area contributed by atoms with Gasteiger partial charge in [-0.05, 0) is 0 Å². The Balaban J connectivity index is 0.000001000. The SMILES string of the molecule is Fc1ccc(C[CH2][Zn+])cc1.[I-]. The van der Waals surface area contributed by atoms with Gasteiger partial charge in [-0.3, -0.25) is 0 Å². The standard InChI is InChI=1S/C8H8F.HI.Zn/c1-2-7-3-5-8(9)6-4-7;;/h3-6H,1-2H2;1H;/q;;+1/p-1. The van der Waals surface area contributed by atoms with Crippen molar-refractivity contribution >= 4 is 0 Å². The molecular formula is C8H8FIZn. The predicted molar refractivity (Wildman–Crippen MR) is 34.9 cm³/mol. The Morgan fingerprint density at radius 3 is 2.18 bits per heavy atom. The molecule has 0 heterocycles. The van der Waals surface area contributed by atoms with Crippen LogP contribution in [-0.4, -0.2) is 0 Å². The zero-order valence-electron chi connectivity index (χ0n) is 6.19. The van der Waals surface area contributed by atoms with Crippen molar-refractivity contribution in [2.45, 2.75) is 11.4 Å². The van der Waals surface area contributed by atoms with Crippen molar-refractivity contribution in [3.05, 3.63) is 35.6 Å². The smallest absolute Gasteiger partial charge is 1.00 e. The molecule has 0 N–H and O–H groups in total. The molecule has 0 nitrogen and oxygen atoms in total. The van der Waals surface area contributed by atoms with Gasteiger partial charge in [0.15, 0.2) is 0 Å². The van der Waals surface area contributed by atoms with Crippen LogP contribution in [-0.2, 0) is 24.7 Å². The van der Waals surface area contributed by atoms with Crippen LogP contribution < -0.4 is 24.0 Å². The molecule has 11 heavy (non-hydrogen) atoms. The van der Waals surface area contributed by atoms with Crippen LogP contribution >= 0.6 is 0 Å². The molecule has 0 radical (unpaired) electrons. The summed E-state index contributed by atoms with van der Waals surface area (Å²) in [7, 11) is 0. The molecule has 0 unspecified atom stereocenters. The summed E-state index contributed by atoms with van der Waals surface area (Å²) in [5, 5.41) is 1.24. The van der Waals surface area contributed by atoms with Gasteiger partial charge in [-0.15, -0.1) is 0 Å². The second-order valence-electron chi connectivity index (χ2n) is 2.23. The van der Waals surface area contributed by atoms with E-state index in [0.29, 0.717) is 0 Å². The number of benzene rings is 1. The molecule has 0 aliphatic heterocycles. The van der Waals surface area contributed by atoms with Crippen molar-refractivity contribution < 1.29 is 46.7 Å². The number of hydrogen-bond acceptors (Lipinski definition) is 0. The van der Waals surface area contributed by atoms with Gasteiger partial charge >= 0.3 is 69.8 Å². The Morgan fingerprint density at radius 1 is 1.18 bits per heavy atom. The molecule has 0 saturated heterocycles. The molecule has 3 heteroatoms. The quantitative estimate of drug-likeness (QED) is 0.502. The first kappa shape index (κ1) is 11.5. The van der Waals surface area contributed by atoms with Crippen LogP contribution in [0.4, 0.5) is 4.39 Å². The average Bonchev–Trinajstić information content (AvgIpc) is 1.95. The van der Waals surface area contributed by atoms with E-state index in [0.717, 1.165) is 6.42 Å². The van der Waals surface area contributed by atoms with E-state index in [4.69, 9.17) is 0 Å². The van der Waals surface area contributed by atoms with Crippen molar-refractivity contribution in [2.75, 3.05) is 0 Å². The van der Waals surface area contributed by atoms with E-state index in [2.05, 4.69) is 0 Å². The molecule has 0 fully saturated rings. The molecular weight excluding hydrogens is 307 g/mol. The van der Waals surface area contributed by atoms with Gasteiger partial charge in [0.25, 0.3) is 0 Å². The Kier molecular flexibility index (Phi) is 6.35. The van der Waals surface area contributed by atoms with Crippen LogP contribution in [0.1, 0.15) is 5.56 Å². The first-order valence-electron chi connectivity index (χ1n) is 3.36. The van der Waals surface area contributed by atoms with Gasteiger partial charge in [0.1, 0.15) is 0 Å². The molecule has 0 bridgehead atoms. The van der Waals surface area contributed by atoms with Gasteiger partial charge in [0.2, 0.25) is 0 Å². The van der Waals surface area contributed by atoms with E-state index in [9.17, 15) is 4.39 Å². The summed E-state index contributed by atoms with van der Waals surface area (Å²) in [6.07, 6.45) is 1.10. The number of aryl methyl sites for hydroxylation is 1. The number of hydrogen-bond donors (Lipinski definition) is 0. The van der Waals surface area contributed by atoms with Crippen molar-refractivity contribution in [3.63, 3.8) is 0 Å². The van der Waals surface area contributed by atoms with Gasteiger partial charge in [-0.25, -0.2) is 0 Å². The maximum absolute atomic E-state index is 12.3. The maximum atomic E-state index is 12.3. The fraction of sp³-hybridized carbons (Fsp3) is 0.250. The minimum Gasteiger partial charge on any atom is -1.00 e. The van der Waals surface area contributed by atoms with E-state index in [1.54, 1.807) is 0 Å². The summed E-state index contributed by atoms with van der Waals surface area (Å²) in [6.45, 7) is 0. The van der Waals surface area contributed by atoms with Gasteiger partial charge in [0.05, 0.1) is 0 Å². The molecule has 1 aromatic carbocycles. The van der Waals surface area contributed by atoms with E-state index >= 15 is 0 Å². The third kappa shape index (κ3) is 4.17. The predicted octanol–water partition coefficient (Wildman–Crippen LogP) is -0.663. The minimum atomic E-state index is -0.143. The molecule has 1 aromatic rings. The number of halogens is 2. The molecule has 1 rings (SSSR count). The zero-order valence-corrected chi connectivity index (χ0v) is 11.3. The second kappa shape index (κ2) is 6.07. The van der Waals surface area contributed by atoms with Crippen LogP contribution in [0.15, 0.2) is 24.3 Å². The Hall–Kier alpha value is 0.503. The molecule has 56 valence electrons. The van der Waals surface area contributed by atoms with E-state index < -0.39 is 0 Å². The fourth-order valence-electron chi connectivity index (χ4n) is 0.855. The monoisotopic (exact) mass is 314 g/mol. The zero-order chi connectivity index (χ0) is 7.40. The van der Waals surface area contributed by atoms with Crippen LogP contribution in [0, 0.1) is 5.82 Å². The summed E-state index contributed by atoms with van der Waals surface area (Å²) in [5.41, 5.74) is 1.24. The first-order chi connectivity index (χ1) is 4.83. The Labute approximate surface area is 93.3 Å². The molecule has 0 aromatic heterocycles.